The van der Waals surface area contributed by atoms with Crippen molar-refractivity contribution in [3.63, 3.8) is 0 Å². The topological polar surface area (TPSA) is 68.0 Å². The molecule has 1 aromatic carbocycles. The number of fused-ring (bicyclic) bond motifs is 1. The molecule has 2 heterocycles. The first-order valence-electron chi connectivity index (χ1n) is 8.95. The molecule has 1 amide bonds. The molecule has 0 unspecified atom stereocenters. The standard InChI is InChI=1S/C19H24N4O2S/c1-4-6-7-13(3)22-23-16(12-26-19(23)20-5-2)14-8-9-17-15(10-14)21-18(24)11-25-17/h8-10,12H,4-7,11H2,1-3H3,(H,21,24). The van der Waals surface area contributed by atoms with Crippen LogP contribution in [-0.2, 0) is 4.79 Å². The van der Waals surface area contributed by atoms with Crippen molar-refractivity contribution in [2.45, 2.75) is 40.0 Å². The summed E-state index contributed by atoms with van der Waals surface area (Å²) in [6.45, 7) is 7.02. The normalized spacial score (nSPS) is 14.8. The number of aromatic nitrogens is 1. The van der Waals surface area contributed by atoms with Gasteiger partial charge in [-0.3, -0.25) is 9.79 Å². The number of rotatable bonds is 6. The number of nitrogens with one attached hydrogen (secondary N) is 1. The molecule has 7 heteroatoms. The number of carbonyl (C=O) groups excluding carboxylic acids is 1. The summed E-state index contributed by atoms with van der Waals surface area (Å²) < 4.78 is 7.36. The Balaban J connectivity index is 2.04. The minimum Gasteiger partial charge on any atom is -0.482 e. The SMILES string of the molecule is CCCCC(C)=Nn1c(-c2ccc3c(c2)NC(=O)CO3)csc1=NCC. The molecule has 1 N–H and O–H groups in total. The molecule has 0 atom stereocenters. The monoisotopic (exact) mass is 372 g/mol. The largest absolute Gasteiger partial charge is 0.482 e. The molecule has 0 bridgehead atoms. The van der Waals surface area contributed by atoms with Crippen LogP contribution in [-0.4, -0.2) is 29.4 Å². The molecule has 0 aliphatic carbocycles. The van der Waals surface area contributed by atoms with Crippen molar-refractivity contribution >= 4 is 28.6 Å². The van der Waals surface area contributed by atoms with E-state index in [2.05, 4.69) is 29.5 Å². The lowest BCUT2D eigenvalue weighted by molar-refractivity contribution is -0.118. The van der Waals surface area contributed by atoms with Gasteiger partial charge in [-0.15, -0.1) is 11.3 Å². The summed E-state index contributed by atoms with van der Waals surface area (Å²) in [5.74, 6) is 0.555. The van der Waals surface area contributed by atoms with Crippen LogP contribution in [0.25, 0.3) is 11.3 Å². The number of anilines is 1. The molecule has 1 aliphatic rings. The second-order valence-corrected chi connectivity index (χ2v) is 7.01. The summed E-state index contributed by atoms with van der Waals surface area (Å²) in [4.78, 5) is 17.0. The minimum atomic E-state index is -0.136. The van der Waals surface area contributed by atoms with Gasteiger partial charge in [0.2, 0.25) is 4.80 Å². The fraction of sp³-hybridized carbons (Fsp3) is 0.421. The maximum atomic E-state index is 11.6. The molecule has 1 aromatic heterocycles. The van der Waals surface area contributed by atoms with Gasteiger partial charge in [0.05, 0.1) is 11.4 Å². The van der Waals surface area contributed by atoms with Crippen LogP contribution >= 0.6 is 11.3 Å². The van der Waals surface area contributed by atoms with Gasteiger partial charge in [-0.2, -0.15) is 5.10 Å². The first-order chi connectivity index (χ1) is 12.6. The predicted octanol–water partition coefficient (Wildman–Crippen LogP) is 3.88. The average Bonchev–Trinajstić information content (AvgIpc) is 3.02. The number of ether oxygens (including phenoxy) is 1. The van der Waals surface area contributed by atoms with Crippen LogP contribution in [0.15, 0.2) is 33.7 Å². The predicted molar refractivity (Wildman–Crippen MR) is 106 cm³/mol. The van der Waals surface area contributed by atoms with E-state index in [-0.39, 0.29) is 12.5 Å². The van der Waals surface area contributed by atoms with E-state index >= 15 is 0 Å². The van der Waals surface area contributed by atoms with Gasteiger partial charge in [0, 0.05) is 23.2 Å². The third kappa shape index (κ3) is 4.04. The zero-order chi connectivity index (χ0) is 18.5. The van der Waals surface area contributed by atoms with E-state index in [0.29, 0.717) is 18.0 Å². The second-order valence-electron chi connectivity index (χ2n) is 6.18. The van der Waals surface area contributed by atoms with Crippen molar-refractivity contribution in [2.24, 2.45) is 10.1 Å². The molecule has 3 rings (SSSR count). The quantitative estimate of drug-likeness (QED) is 0.782. The number of hydrogen-bond acceptors (Lipinski definition) is 5. The van der Waals surface area contributed by atoms with Crippen LogP contribution in [0.1, 0.15) is 40.0 Å². The van der Waals surface area contributed by atoms with Crippen LogP contribution in [0.2, 0.25) is 0 Å². The van der Waals surface area contributed by atoms with Crippen molar-refractivity contribution in [3.8, 4) is 17.0 Å². The van der Waals surface area contributed by atoms with Crippen LogP contribution < -0.4 is 14.9 Å². The third-order valence-corrected chi connectivity index (χ3v) is 4.90. The highest BCUT2D eigenvalue weighted by Crippen LogP contribution is 2.32. The van der Waals surface area contributed by atoms with Gasteiger partial charge in [-0.1, -0.05) is 13.3 Å². The lowest BCUT2D eigenvalue weighted by Crippen LogP contribution is -2.25. The van der Waals surface area contributed by atoms with Gasteiger partial charge in [0.15, 0.2) is 6.61 Å². The van der Waals surface area contributed by atoms with E-state index in [1.807, 2.05) is 29.8 Å². The third-order valence-electron chi connectivity index (χ3n) is 4.05. The molecule has 138 valence electrons. The maximum absolute atomic E-state index is 11.6. The average molecular weight is 372 g/mol. The Morgan fingerprint density at radius 2 is 2.23 bits per heavy atom. The number of unbranched alkanes of at least 4 members (excludes halogenated alkanes) is 1. The number of nitrogens with zero attached hydrogens (tertiary/aromatic N) is 3. The smallest absolute Gasteiger partial charge is 0.262 e. The molecule has 26 heavy (non-hydrogen) atoms. The minimum absolute atomic E-state index is 0.0608. The van der Waals surface area contributed by atoms with E-state index < -0.39 is 0 Å². The number of amides is 1. The molecule has 0 radical (unpaired) electrons. The molecule has 2 aromatic rings. The molecule has 0 fully saturated rings. The molecular formula is C19H24N4O2S. The summed E-state index contributed by atoms with van der Waals surface area (Å²) in [6, 6.07) is 5.80. The van der Waals surface area contributed by atoms with Crippen LogP contribution in [0.5, 0.6) is 5.75 Å². The van der Waals surface area contributed by atoms with Crippen molar-refractivity contribution < 1.29 is 9.53 Å². The van der Waals surface area contributed by atoms with E-state index in [9.17, 15) is 4.79 Å². The number of thiazole rings is 1. The van der Waals surface area contributed by atoms with Crippen LogP contribution in [0, 0.1) is 0 Å². The lowest BCUT2D eigenvalue weighted by atomic mass is 10.1. The van der Waals surface area contributed by atoms with Crippen LogP contribution in [0.3, 0.4) is 0 Å². The van der Waals surface area contributed by atoms with Crippen molar-refractivity contribution in [3.05, 3.63) is 28.4 Å². The zero-order valence-electron chi connectivity index (χ0n) is 15.4. The zero-order valence-corrected chi connectivity index (χ0v) is 16.2. The van der Waals surface area contributed by atoms with Crippen LogP contribution in [0.4, 0.5) is 5.69 Å². The summed E-state index contributed by atoms with van der Waals surface area (Å²) >= 11 is 1.57. The second kappa shape index (κ2) is 8.31. The van der Waals surface area contributed by atoms with Gasteiger partial charge >= 0.3 is 0 Å². The van der Waals surface area contributed by atoms with Gasteiger partial charge in [0.1, 0.15) is 5.75 Å². The Bertz CT molecular complexity index is 895. The Morgan fingerprint density at radius 1 is 1.38 bits per heavy atom. The van der Waals surface area contributed by atoms with E-state index in [4.69, 9.17) is 9.84 Å². The van der Waals surface area contributed by atoms with Gasteiger partial charge in [-0.25, -0.2) is 4.68 Å². The Hall–Kier alpha value is -2.41. The molecule has 0 spiro atoms. The maximum Gasteiger partial charge on any atom is 0.262 e. The van der Waals surface area contributed by atoms with Gasteiger partial charge < -0.3 is 10.1 Å². The number of carbonyl (C=O) groups is 1. The fourth-order valence-electron chi connectivity index (χ4n) is 2.73. The first kappa shape index (κ1) is 18.4. The van der Waals surface area contributed by atoms with Crippen molar-refractivity contribution in [1.29, 1.82) is 0 Å². The molecule has 1 aliphatic heterocycles. The fourth-order valence-corrected chi connectivity index (χ4v) is 3.63. The Kier molecular flexibility index (Phi) is 5.88. The van der Waals surface area contributed by atoms with Crippen molar-refractivity contribution in [1.82, 2.24) is 4.68 Å². The van der Waals surface area contributed by atoms with Crippen molar-refractivity contribution in [2.75, 3.05) is 18.5 Å². The van der Waals surface area contributed by atoms with Gasteiger partial charge in [0.25, 0.3) is 5.91 Å². The number of hydrogen-bond donors (Lipinski definition) is 1. The van der Waals surface area contributed by atoms with E-state index in [0.717, 1.165) is 41.0 Å². The number of benzene rings is 1. The van der Waals surface area contributed by atoms with E-state index in [1.54, 1.807) is 11.3 Å². The Morgan fingerprint density at radius 3 is 3.00 bits per heavy atom. The molecule has 6 nitrogen and oxygen atoms in total. The highest BCUT2D eigenvalue weighted by molar-refractivity contribution is 7.07. The summed E-state index contributed by atoms with van der Waals surface area (Å²) in [7, 11) is 0. The summed E-state index contributed by atoms with van der Waals surface area (Å²) in [5.41, 5.74) is 3.70. The summed E-state index contributed by atoms with van der Waals surface area (Å²) in [6.07, 6.45) is 3.24. The highest BCUT2D eigenvalue weighted by atomic mass is 32.1. The summed E-state index contributed by atoms with van der Waals surface area (Å²) in [5, 5.41) is 9.72. The highest BCUT2D eigenvalue weighted by Gasteiger charge is 2.17. The van der Waals surface area contributed by atoms with E-state index in [1.165, 1.54) is 0 Å². The molecule has 0 saturated carbocycles. The lowest BCUT2D eigenvalue weighted by Gasteiger charge is -2.18. The van der Waals surface area contributed by atoms with Gasteiger partial charge in [-0.05, 0) is 44.9 Å². The first-order valence-corrected chi connectivity index (χ1v) is 9.83. The molecule has 0 saturated heterocycles. The molecular weight excluding hydrogens is 348 g/mol. The Labute approximate surface area is 157 Å².